The smallest absolute Gasteiger partial charge is 0.0702 e. The number of aryl methyl sites for hydroxylation is 1. The molecular weight excluding hydrogens is 232 g/mol. The van der Waals surface area contributed by atoms with Crippen molar-refractivity contribution in [2.75, 3.05) is 0 Å². The molecule has 2 heteroatoms. The largest absolute Gasteiger partial charge is 0.320 e. The molecule has 1 atom stereocenters. The lowest BCUT2D eigenvalue weighted by molar-refractivity contribution is 0.865. The van der Waals surface area contributed by atoms with E-state index < -0.39 is 0 Å². The average molecular weight is 248 g/mol. The summed E-state index contributed by atoms with van der Waals surface area (Å²) in [5.74, 6) is 0. The van der Waals surface area contributed by atoms with Gasteiger partial charge in [0.25, 0.3) is 0 Å². The van der Waals surface area contributed by atoms with Gasteiger partial charge in [-0.1, -0.05) is 48.0 Å². The molecule has 0 aliphatic heterocycles. The number of hydrogen-bond acceptors (Lipinski definition) is 2. The van der Waals surface area contributed by atoms with E-state index in [9.17, 15) is 0 Å². The second-order valence-electron chi connectivity index (χ2n) is 4.85. The summed E-state index contributed by atoms with van der Waals surface area (Å²) in [6.07, 6.45) is 1.87. The maximum absolute atomic E-state index is 6.34. The predicted octanol–water partition coefficient (Wildman–Crippen LogP) is 3.59. The lowest BCUT2D eigenvalue weighted by Crippen LogP contribution is -2.12. The minimum absolute atomic E-state index is 0.128. The topological polar surface area (TPSA) is 38.9 Å². The van der Waals surface area contributed by atoms with Crippen molar-refractivity contribution >= 4 is 10.9 Å². The Morgan fingerprint density at radius 1 is 0.947 bits per heavy atom. The zero-order chi connectivity index (χ0) is 13.2. The Labute approximate surface area is 112 Å². The van der Waals surface area contributed by atoms with Crippen molar-refractivity contribution in [3.05, 3.63) is 77.5 Å². The van der Waals surface area contributed by atoms with E-state index in [1.807, 2.05) is 30.5 Å². The summed E-state index contributed by atoms with van der Waals surface area (Å²) in [5, 5.41) is 1.13. The maximum atomic E-state index is 6.34. The molecule has 0 bridgehead atoms. The monoisotopic (exact) mass is 248 g/mol. The summed E-state index contributed by atoms with van der Waals surface area (Å²) in [6.45, 7) is 2.08. The standard InChI is InChI=1S/C17H16N2/c1-12-5-4-7-14(9-12)17(18)15-10-13-6-2-3-8-16(13)19-11-15/h2-11,17H,18H2,1H3. The summed E-state index contributed by atoms with van der Waals surface area (Å²) < 4.78 is 0. The van der Waals surface area contributed by atoms with E-state index in [2.05, 4.69) is 42.2 Å². The molecule has 0 saturated heterocycles. The number of nitrogens with zero attached hydrogens (tertiary/aromatic N) is 1. The predicted molar refractivity (Wildman–Crippen MR) is 79.0 cm³/mol. The van der Waals surface area contributed by atoms with Crippen molar-refractivity contribution in [1.82, 2.24) is 4.98 Å². The molecule has 2 N–H and O–H groups in total. The molecule has 1 unspecified atom stereocenters. The van der Waals surface area contributed by atoms with Gasteiger partial charge in [-0.05, 0) is 30.2 Å². The Morgan fingerprint density at radius 2 is 1.79 bits per heavy atom. The lowest BCUT2D eigenvalue weighted by Gasteiger charge is -2.13. The zero-order valence-electron chi connectivity index (χ0n) is 10.9. The molecule has 0 radical (unpaired) electrons. The van der Waals surface area contributed by atoms with Gasteiger partial charge in [-0.25, -0.2) is 0 Å². The van der Waals surface area contributed by atoms with E-state index >= 15 is 0 Å². The minimum atomic E-state index is -0.128. The van der Waals surface area contributed by atoms with Gasteiger partial charge in [0.05, 0.1) is 11.6 Å². The highest BCUT2D eigenvalue weighted by Gasteiger charge is 2.10. The molecule has 1 heterocycles. The highest BCUT2D eigenvalue weighted by Crippen LogP contribution is 2.22. The van der Waals surface area contributed by atoms with Crippen molar-refractivity contribution < 1.29 is 0 Å². The SMILES string of the molecule is Cc1cccc(C(N)c2cnc3ccccc3c2)c1. The van der Waals surface area contributed by atoms with E-state index in [1.165, 1.54) is 5.56 Å². The molecular formula is C17H16N2. The summed E-state index contributed by atoms with van der Waals surface area (Å²) >= 11 is 0. The van der Waals surface area contributed by atoms with Crippen LogP contribution in [-0.2, 0) is 0 Å². The van der Waals surface area contributed by atoms with Gasteiger partial charge in [0.15, 0.2) is 0 Å². The fourth-order valence-corrected chi connectivity index (χ4v) is 2.31. The number of rotatable bonds is 2. The van der Waals surface area contributed by atoms with Gasteiger partial charge < -0.3 is 5.73 Å². The number of nitrogens with two attached hydrogens (primary N) is 1. The van der Waals surface area contributed by atoms with Gasteiger partial charge in [-0.3, -0.25) is 4.98 Å². The molecule has 0 aliphatic rings. The highest BCUT2D eigenvalue weighted by molar-refractivity contribution is 5.78. The molecule has 3 aromatic rings. The van der Waals surface area contributed by atoms with Gasteiger partial charge in [0, 0.05) is 11.6 Å². The summed E-state index contributed by atoms with van der Waals surface area (Å²) in [7, 11) is 0. The van der Waals surface area contributed by atoms with Crippen LogP contribution in [0.1, 0.15) is 22.7 Å². The van der Waals surface area contributed by atoms with Crippen molar-refractivity contribution in [1.29, 1.82) is 0 Å². The number of para-hydroxylation sites is 1. The molecule has 19 heavy (non-hydrogen) atoms. The molecule has 0 fully saturated rings. The van der Waals surface area contributed by atoms with Crippen LogP contribution in [0.2, 0.25) is 0 Å². The second-order valence-corrected chi connectivity index (χ2v) is 4.85. The van der Waals surface area contributed by atoms with Gasteiger partial charge >= 0.3 is 0 Å². The highest BCUT2D eigenvalue weighted by atomic mass is 14.7. The van der Waals surface area contributed by atoms with Crippen LogP contribution in [0.5, 0.6) is 0 Å². The van der Waals surface area contributed by atoms with E-state index in [0.29, 0.717) is 0 Å². The van der Waals surface area contributed by atoms with Crippen molar-refractivity contribution in [2.24, 2.45) is 5.73 Å². The molecule has 0 aliphatic carbocycles. The number of hydrogen-bond donors (Lipinski definition) is 1. The van der Waals surface area contributed by atoms with Crippen LogP contribution in [0.4, 0.5) is 0 Å². The number of fused-ring (bicyclic) bond motifs is 1. The third-order valence-corrected chi connectivity index (χ3v) is 3.37. The molecule has 0 amide bonds. The van der Waals surface area contributed by atoms with Crippen molar-refractivity contribution in [3.8, 4) is 0 Å². The van der Waals surface area contributed by atoms with Crippen LogP contribution in [-0.4, -0.2) is 4.98 Å². The van der Waals surface area contributed by atoms with Gasteiger partial charge in [-0.15, -0.1) is 0 Å². The molecule has 1 aromatic heterocycles. The fraction of sp³-hybridized carbons (Fsp3) is 0.118. The van der Waals surface area contributed by atoms with Crippen LogP contribution in [0.15, 0.2) is 60.8 Å². The molecule has 0 spiro atoms. The second kappa shape index (κ2) is 4.82. The van der Waals surface area contributed by atoms with Gasteiger partial charge in [0.2, 0.25) is 0 Å². The van der Waals surface area contributed by atoms with Crippen LogP contribution < -0.4 is 5.73 Å². The first-order chi connectivity index (χ1) is 9.24. The van der Waals surface area contributed by atoms with Gasteiger partial charge in [0.1, 0.15) is 0 Å². The Hall–Kier alpha value is -2.19. The Bertz CT molecular complexity index is 719. The maximum Gasteiger partial charge on any atom is 0.0702 e. The van der Waals surface area contributed by atoms with Crippen molar-refractivity contribution in [2.45, 2.75) is 13.0 Å². The number of aromatic nitrogens is 1. The van der Waals surface area contributed by atoms with Crippen LogP contribution >= 0.6 is 0 Å². The van der Waals surface area contributed by atoms with E-state index in [1.54, 1.807) is 0 Å². The van der Waals surface area contributed by atoms with E-state index in [-0.39, 0.29) is 6.04 Å². The van der Waals surface area contributed by atoms with Gasteiger partial charge in [-0.2, -0.15) is 0 Å². The lowest BCUT2D eigenvalue weighted by atomic mass is 9.98. The van der Waals surface area contributed by atoms with Crippen LogP contribution in [0.3, 0.4) is 0 Å². The Kier molecular flexibility index (Phi) is 3.02. The fourth-order valence-electron chi connectivity index (χ4n) is 2.31. The third kappa shape index (κ3) is 2.35. The first kappa shape index (κ1) is 11.9. The normalized spacial score (nSPS) is 12.5. The summed E-state index contributed by atoms with van der Waals surface area (Å²) in [5.41, 5.74) is 10.7. The summed E-state index contributed by atoms with van der Waals surface area (Å²) in [6, 6.07) is 18.4. The molecule has 2 aromatic carbocycles. The van der Waals surface area contributed by atoms with E-state index in [0.717, 1.165) is 22.0 Å². The molecule has 3 rings (SSSR count). The van der Waals surface area contributed by atoms with Crippen molar-refractivity contribution in [3.63, 3.8) is 0 Å². The van der Waals surface area contributed by atoms with Crippen LogP contribution in [0, 0.1) is 6.92 Å². The first-order valence-electron chi connectivity index (χ1n) is 6.41. The third-order valence-electron chi connectivity index (χ3n) is 3.37. The van der Waals surface area contributed by atoms with Crippen LogP contribution in [0.25, 0.3) is 10.9 Å². The molecule has 94 valence electrons. The molecule has 2 nitrogen and oxygen atoms in total. The van der Waals surface area contributed by atoms with E-state index in [4.69, 9.17) is 5.73 Å². The Balaban J connectivity index is 2.04. The quantitative estimate of drug-likeness (QED) is 0.752. The molecule has 0 saturated carbocycles. The number of benzene rings is 2. The average Bonchev–Trinajstić information content (AvgIpc) is 2.46. The number of pyridine rings is 1. The zero-order valence-corrected chi connectivity index (χ0v) is 10.9. The first-order valence-corrected chi connectivity index (χ1v) is 6.41. The minimum Gasteiger partial charge on any atom is -0.320 e. The summed E-state index contributed by atoms with van der Waals surface area (Å²) in [4.78, 5) is 4.47. The Morgan fingerprint density at radius 3 is 2.63 bits per heavy atom.